The normalized spacial score (nSPS) is 13.1. The van der Waals surface area contributed by atoms with Gasteiger partial charge in [0, 0.05) is 0 Å². The molecule has 6 aromatic rings. The Kier molecular flexibility index (Phi) is 10.1. The first kappa shape index (κ1) is 36.9. The SMILES string of the molecule is Cc1c(-c2ncco2)sc2c1c(=O)n(C(C)(C)C(=O)O[Si](c1ccccc1)(c1ccccc1)C(C)(C)C)c(=O)n2C[C@H](OC(C)C)c1ccccc1. The van der Waals surface area contributed by atoms with Crippen LogP contribution in [0.1, 0.15) is 65.7 Å². The van der Waals surface area contributed by atoms with Crippen molar-refractivity contribution >= 4 is 46.2 Å². The molecule has 0 aliphatic carbocycles. The molecule has 0 N–H and O–H groups in total. The maximum absolute atomic E-state index is 15.0. The first-order chi connectivity index (χ1) is 24.7. The fourth-order valence-electron chi connectivity index (χ4n) is 6.93. The van der Waals surface area contributed by atoms with Crippen LogP contribution in [-0.2, 0) is 26.0 Å². The van der Waals surface area contributed by atoms with E-state index in [0.717, 1.165) is 20.5 Å². The summed E-state index contributed by atoms with van der Waals surface area (Å²) in [6.07, 6.45) is 2.31. The van der Waals surface area contributed by atoms with Gasteiger partial charge in [0.15, 0.2) is 0 Å². The maximum Gasteiger partial charge on any atom is 0.333 e. The average molecular weight is 736 g/mol. The zero-order valence-corrected chi connectivity index (χ0v) is 32.7. The van der Waals surface area contributed by atoms with Crippen molar-refractivity contribution < 1.29 is 18.4 Å². The number of fused-ring (bicyclic) bond motifs is 1. The molecule has 11 heteroatoms. The summed E-state index contributed by atoms with van der Waals surface area (Å²) in [5.41, 5.74) is -1.48. The molecule has 0 spiro atoms. The molecule has 3 aromatic heterocycles. The Morgan fingerprint density at radius 2 is 1.44 bits per heavy atom. The number of thiophene rings is 1. The second-order valence-electron chi connectivity index (χ2n) is 14.8. The highest BCUT2D eigenvalue weighted by Gasteiger charge is 2.55. The van der Waals surface area contributed by atoms with Gasteiger partial charge in [0.05, 0.1) is 29.1 Å². The first-order valence-corrected chi connectivity index (χ1v) is 20.1. The van der Waals surface area contributed by atoms with E-state index < -0.39 is 42.2 Å². The van der Waals surface area contributed by atoms with Crippen LogP contribution in [0, 0.1) is 6.92 Å². The van der Waals surface area contributed by atoms with Gasteiger partial charge in [0.2, 0.25) is 5.89 Å². The summed E-state index contributed by atoms with van der Waals surface area (Å²) in [6.45, 7) is 15.2. The van der Waals surface area contributed by atoms with Crippen molar-refractivity contribution in [2.24, 2.45) is 0 Å². The number of carbonyl (C=O) groups excluding carboxylic acids is 1. The predicted octanol–water partition coefficient (Wildman–Crippen LogP) is 7.19. The quantitative estimate of drug-likeness (QED) is 0.130. The highest BCUT2D eigenvalue weighted by atomic mass is 32.1. The van der Waals surface area contributed by atoms with Crippen LogP contribution in [0.2, 0.25) is 5.04 Å². The lowest BCUT2D eigenvalue weighted by Gasteiger charge is -2.43. The van der Waals surface area contributed by atoms with E-state index in [4.69, 9.17) is 13.6 Å². The average Bonchev–Trinajstić information content (AvgIpc) is 3.77. The Balaban J connectivity index is 1.58. The molecule has 52 heavy (non-hydrogen) atoms. The smallest absolute Gasteiger partial charge is 0.333 e. The Labute approximate surface area is 308 Å². The van der Waals surface area contributed by atoms with Gasteiger partial charge in [-0.2, -0.15) is 0 Å². The number of aryl methyl sites for hydroxylation is 1. The number of aromatic nitrogens is 3. The molecular weight excluding hydrogens is 691 g/mol. The standard InChI is InChI=1S/C41H45N3O6SSi/c1-27(2)49-32(29-18-12-9-13-19-29)26-43-37-33(28(3)34(51-37)35-42-24-25-48-35)36(45)44(39(43)47)41(7,8)38(46)50-52(40(4,5)6,30-20-14-10-15-21-30)31-22-16-11-17-23-31/h9-25,27,32H,26H2,1-8H3/t32-/m0/s1. The fraction of sp³-hybridized carbons (Fsp3) is 0.317. The number of carbonyl (C=O) groups is 1. The number of benzene rings is 3. The van der Waals surface area contributed by atoms with Crippen molar-refractivity contribution in [1.82, 2.24) is 14.1 Å². The summed E-state index contributed by atoms with van der Waals surface area (Å²) >= 11 is 1.26. The van der Waals surface area contributed by atoms with Crippen LogP contribution in [0.25, 0.3) is 21.0 Å². The molecule has 3 heterocycles. The van der Waals surface area contributed by atoms with Gasteiger partial charge in [-0.1, -0.05) is 112 Å². The molecule has 0 saturated heterocycles. The molecule has 0 unspecified atom stereocenters. The third kappa shape index (κ3) is 6.53. The molecule has 0 aliphatic rings. The fourth-order valence-corrected chi connectivity index (χ4v) is 12.6. The number of rotatable bonds is 11. The first-order valence-electron chi connectivity index (χ1n) is 17.4. The van der Waals surface area contributed by atoms with Gasteiger partial charge in [-0.05, 0) is 61.2 Å². The molecule has 0 radical (unpaired) electrons. The van der Waals surface area contributed by atoms with Gasteiger partial charge >= 0.3 is 20.0 Å². The molecule has 9 nitrogen and oxygen atoms in total. The molecular formula is C41H45N3O6SSi. The molecule has 1 atom stereocenters. The van der Waals surface area contributed by atoms with Crippen LogP contribution < -0.4 is 21.6 Å². The van der Waals surface area contributed by atoms with Gasteiger partial charge in [-0.15, -0.1) is 11.3 Å². The van der Waals surface area contributed by atoms with Crippen LogP contribution >= 0.6 is 11.3 Å². The van der Waals surface area contributed by atoms with E-state index in [-0.39, 0.29) is 12.6 Å². The van der Waals surface area contributed by atoms with E-state index in [1.165, 1.54) is 23.8 Å². The Morgan fingerprint density at radius 1 is 0.885 bits per heavy atom. The molecule has 0 saturated carbocycles. The summed E-state index contributed by atoms with van der Waals surface area (Å²) < 4.78 is 21.6. The summed E-state index contributed by atoms with van der Waals surface area (Å²) in [7, 11) is -3.40. The van der Waals surface area contributed by atoms with Gasteiger partial charge in [-0.3, -0.25) is 14.2 Å². The molecule has 0 fully saturated rings. The van der Waals surface area contributed by atoms with Crippen molar-refractivity contribution in [2.75, 3.05) is 0 Å². The van der Waals surface area contributed by atoms with Gasteiger partial charge in [0.25, 0.3) is 5.56 Å². The van der Waals surface area contributed by atoms with Crippen LogP contribution in [0.3, 0.4) is 0 Å². The molecule has 270 valence electrons. The molecule has 0 bridgehead atoms. The topological polar surface area (TPSA) is 106 Å². The minimum Gasteiger partial charge on any atom is -0.508 e. The Morgan fingerprint density at radius 3 is 1.94 bits per heavy atom. The maximum atomic E-state index is 15.0. The van der Waals surface area contributed by atoms with E-state index in [0.29, 0.717) is 26.5 Å². The monoisotopic (exact) mass is 735 g/mol. The molecule has 6 rings (SSSR count). The molecule has 0 aliphatic heterocycles. The lowest BCUT2D eigenvalue weighted by Crippen LogP contribution is -2.69. The predicted molar refractivity (Wildman–Crippen MR) is 209 cm³/mol. The van der Waals surface area contributed by atoms with Crippen molar-refractivity contribution in [3.8, 4) is 10.8 Å². The van der Waals surface area contributed by atoms with E-state index in [9.17, 15) is 14.4 Å². The van der Waals surface area contributed by atoms with E-state index in [1.54, 1.807) is 18.4 Å². The summed E-state index contributed by atoms with van der Waals surface area (Å²) in [5.74, 6) is -0.335. The summed E-state index contributed by atoms with van der Waals surface area (Å²) in [4.78, 5) is 50.1. The minimum atomic E-state index is -3.40. The lowest BCUT2D eigenvalue weighted by atomic mass is 10.1. The van der Waals surface area contributed by atoms with Crippen molar-refractivity contribution in [3.05, 3.63) is 135 Å². The summed E-state index contributed by atoms with van der Waals surface area (Å²) in [6, 6.07) is 29.3. The third-order valence-corrected chi connectivity index (χ3v) is 15.7. The van der Waals surface area contributed by atoms with Crippen LogP contribution in [-0.4, -0.2) is 34.5 Å². The van der Waals surface area contributed by atoms with E-state index in [2.05, 4.69) is 25.8 Å². The molecule has 3 aromatic carbocycles. The van der Waals surface area contributed by atoms with E-state index >= 15 is 0 Å². The second-order valence-corrected chi connectivity index (χ2v) is 20.0. The number of ether oxygens (including phenoxy) is 1. The third-order valence-electron chi connectivity index (χ3n) is 9.52. The number of hydrogen-bond donors (Lipinski definition) is 0. The van der Waals surface area contributed by atoms with Gasteiger partial charge in [-0.25, -0.2) is 14.3 Å². The Bertz CT molecular complexity index is 2250. The lowest BCUT2D eigenvalue weighted by molar-refractivity contribution is -0.144. The van der Waals surface area contributed by atoms with Gasteiger partial charge in [0.1, 0.15) is 22.7 Å². The van der Waals surface area contributed by atoms with E-state index in [1.807, 2.05) is 112 Å². The van der Waals surface area contributed by atoms with Crippen molar-refractivity contribution in [3.63, 3.8) is 0 Å². The van der Waals surface area contributed by atoms with Crippen molar-refractivity contribution in [2.45, 2.75) is 84.7 Å². The van der Waals surface area contributed by atoms with Crippen LogP contribution in [0.15, 0.2) is 117 Å². The number of hydrogen-bond acceptors (Lipinski definition) is 8. The van der Waals surface area contributed by atoms with Crippen LogP contribution in [0.4, 0.5) is 0 Å². The summed E-state index contributed by atoms with van der Waals surface area (Å²) in [5, 5.41) is 1.58. The number of nitrogens with zero attached hydrogens (tertiary/aromatic N) is 3. The largest absolute Gasteiger partial charge is 0.508 e. The second kappa shape index (κ2) is 14.3. The van der Waals surface area contributed by atoms with Gasteiger partial charge < -0.3 is 13.6 Å². The van der Waals surface area contributed by atoms with Crippen LogP contribution in [0.5, 0.6) is 0 Å². The Hall–Kier alpha value is -4.84. The van der Waals surface area contributed by atoms with Crippen molar-refractivity contribution in [1.29, 1.82) is 0 Å². The molecule has 0 amide bonds. The number of oxazole rings is 1. The highest BCUT2D eigenvalue weighted by Crippen LogP contribution is 2.39. The minimum absolute atomic E-state index is 0.0859. The zero-order chi connectivity index (χ0) is 37.4. The zero-order valence-electron chi connectivity index (χ0n) is 30.9. The highest BCUT2D eigenvalue weighted by molar-refractivity contribution is 7.22.